The lowest BCUT2D eigenvalue weighted by Crippen LogP contribution is -2.33. The van der Waals surface area contributed by atoms with E-state index in [4.69, 9.17) is 14.9 Å². The minimum atomic E-state index is -0.745. The molecule has 0 saturated carbocycles. The smallest absolute Gasteiger partial charge is 0.259 e. The van der Waals surface area contributed by atoms with Crippen LogP contribution in [0.2, 0.25) is 0 Å². The number of benzene rings is 1. The fourth-order valence-corrected chi connectivity index (χ4v) is 3.43. The van der Waals surface area contributed by atoms with E-state index in [1.54, 1.807) is 29.7 Å². The van der Waals surface area contributed by atoms with Crippen LogP contribution in [0.4, 0.5) is 4.39 Å². The molecule has 0 radical (unpaired) electrons. The van der Waals surface area contributed by atoms with Crippen LogP contribution < -0.4 is 16.0 Å². The Hall–Kier alpha value is -3.79. The molecule has 0 fully saturated rings. The normalized spacial score (nSPS) is 15.7. The van der Waals surface area contributed by atoms with Crippen molar-refractivity contribution in [2.75, 3.05) is 0 Å². The molecule has 0 aliphatic carbocycles. The number of hydrogen-bond acceptors (Lipinski definition) is 5. The summed E-state index contributed by atoms with van der Waals surface area (Å²) in [6.45, 7) is 2.02. The highest BCUT2D eigenvalue weighted by Gasteiger charge is 2.34. The van der Waals surface area contributed by atoms with Gasteiger partial charge in [0.05, 0.1) is 24.3 Å². The molecular weight excluding hydrogens is 361 g/mol. The number of ether oxygens (including phenoxy) is 1. The fourth-order valence-electron chi connectivity index (χ4n) is 3.43. The highest BCUT2D eigenvalue weighted by molar-refractivity contribution is 5.55. The van der Waals surface area contributed by atoms with E-state index >= 15 is 0 Å². The van der Waals surface area contributed by atoms with E-state index in [9.17, 15) is 14.4 Å². The molecule has 0 spiro atoms. The summed E-state index contributed by atoms with van der Waals surface area (Å²) >= 11 is 0. The van der Waals surface area contributed by atoms with Crippen molar-refractivity contribution in [1.82, 2.24) is 4.57 Å². The third-order valence-electron chi connectivity index (χ3n) is 4.79. The van der Waals surface area contributed by atoms with Gasteiger partial charge in [-0.05, 0) is 36.8 Å². The van der Waals surface area contributed by atoms with Crippen LogP contribution in [0.3, 0.4) is 0 Å². The van der Waals surface area contributed by atoms with Crippen molar-refractivity contribution in [3.8, 4) is 11.8 Å². The number of aryl methyl sites for hydroxylation is 1. The first-order chi connectivity index (χ1) is 13.5. The van der Waals surface area contributed by atoms with Gasteiger partial charge in [0.15, 0.2) is 0 Å². The van der Waals surface area contributed by atoms with Gasteiger partial charge < -0.3 is 19.5 Å². The van der Waals surface area contributed by atoms with Crippen molar-refractivity contribution in [3.63, 3.8) is 0 Å². The second kappa shape index (κ2) is 6.74. The van der Waals surface area contributed by atoms with Gasteiger partial charge in [-0.15, -0.1) is 0 Å². The highest BCUT2D eigenvalue weighted by atomic mass is 19.1. The van der Waals surface area contributed by atoms with E-state index in [2.05, 4.69) is 0 Å². The minimum Gasteiger partial charge on any atom is -0.467 e. The Labute approximate surface area is 159 Å². The van der Waals surface area contributed by atoms with E-state index in [1.165, 1.54) is 30.5 Å². The zero-order valence-corrected chi connectivity index (χ0v) is 15.0. The Morgan fingerprint density at radius 1 is 1.29 bits per heavy atom. The minimum absolute atomic E-state index is 0.0630. The Kier molecular flexibility index (Phi) is 4.24. The van der Waals surface area contributed by atoms with Crippen LogP contribution in [0.1, 0.15) is 28.5 Å². The first-order valence-corrected chi connectivity index (χ1v) is 8.59. The molecule has 28 heavy (non-hydrogen) atoms. The van der Waals surface area contributed by atoms with Gasteiger partial charge in [-0.2, -0.15) is 5.26 Å². The number of pyridine rings is 1. The number of aromatic nitrogens is 1. The topological polar surface area (TPSA) is 94.2 Å². The molecule has 2 N–H and O–H groups in total. The van der Waals surface area contributed by atoms with Gasteiger partial charge in [-0.25, -0.2) is 4.39 Å². The second-order valence-corrected chi connectivity index (χ2v) is 6.51. The zero-order valence-electron chi connectivity index (χ0n) is 15.0. The third kappa shape index (κ3) is 2.85. The lowest BCUT2D eigenvalue weighted by molar-refractivity contribution is 0.387. The molecule has 140 valence electrons. The second-order valence-electron chi connectivity index (χ2n) is 6.51. The van der Waals surface area contributed by atoms with Gasteiger partial charge in [0, 0.05) is 11.8 Å². The Bertz CT molecular complexity index is 1170. The van der Waals surface area contributed by atoms with E-state index in [0.717, 1.165) is 0 Å². The summed E-state index contributed by atoms with van der Waals surface area (Å²) in [5, 5.41) is 9.63. The van der Waals surface area contributed by atoms with Gasteiger partial charge in [-0.1, -0.05) is 12.1 Å². The third-order valence-corrected chi connectivity index (χ3v) is 4.79. The molecule has 1 aromatic carbocycles. The van der Waals surface area contributed by atoms with Crippen LogP contribution in [0, 0.1) is 24.1 Å². The summed E-state index contributed by atoms with van der Waals surface area (Å²) in [4.78, 5) is 13.4. The van der Waals surface area contributed by atoms with Crippen LogP contribution in [0.5, 0.6) is 5.75 Å². The summed E-state index contributed by atoms with van der Waals surface area (Å²) in [5.74, 6) is -0.303. The van der Waals surface area contributed by atoms with E-state index in [0.29, 0.717) is 22.8 Å². The molecule has 4 rings (SSSR count). The van der Waals surface area contributed by atoms with Gasteiger partial charge in [0.25, 0.3) is 5.56 Å². The molecule has 1 aliphatic heterocycles. The molecule has 3 heterocycles. The van der Waals surface area contributed by atoms with Crippen molar-refractivity contribution in [1.29, 1.82) is 5.26 Å². The average molecular weight is 377 g/mol. The van der Waals surface area contributed by atoms with Gasteiger partial charge in [0.2, 0.25) is 5.88 Å². The van der Waals surface area contributed by atoms with E-state index < -0.39 is 11.7 Å². The first-order valence-electron chi connectivity index (χ1n) is 8.59. The van der Waals surface area contributed by atoms with Gasteiger partial charge in [0.1, 0.15) is 29.0 Å². The Morgan fingerprint density at radius 3 is 2.68 bits per heavy atom. The molecule has 0 bridgehead atoms. The standard InChI is InChI=1S/C21H16FN3O3/c1-12-9-17-19(21(26)25(12)11-15-3-2-8-27-15)18(16(10-23)20(24)28-17)13-4-6-14(22)7-5-13/h2-9,18H,11,24H2,1H3. The Morgan fingerprint density at radius 2 is 2.04 bits per heavy atom. The summed E-state index contributed by atoms with van der Waals surface area (Å²) in [6.07, 6.45) is 1.54. The molecule has 6 nitrogen and oxygen atoms in total. The fraction of sp³-hybridized carbons (Fsp3) is 0.143. The number of hydrogen-bond donors (Lipinski definition) is 1. The van der Waals surface area contributed by atoms with Crippen LogP contribution >= 0.6 is 0 Å². The SMILES string of the molecule is Cc1cc2c(c(=O)n1Cc1ccco1)C(c1ccc(F)cc1)C(C#N)=C(N)O2. The van der Waals surface area contributed by atoms with E-state index in [-0.39, 0.29) is 29.1 Å². The quantitative estimate of drug-likeness (QED) is 0.757. The number of rotatable bonds is 3. The first kappa shape index (κ1) is 17.6. The van der Waals surface area contributed by atoms with Crippen LogP contribution in [0.25, 0.3) is 0 Å². The molecule has 1 aliphatic rings. The van der Waals surface area contributed by atoms with Gasteiger partial charge in [-0.3, -0.25) is 4.79 Å². The monoisotopic (exact) mass is 377 g/mol. The zero-order chi connectivity index (χ0) is 19.8. The summed E-state index contributed by atoms with van der Waals surface area (Å²) in [5.41, 5.74) is 7.27. The predicted molar refractivity (Wildman–Crippen MR) is 98.9 cm³/mol. The number of nitrogens with two attached hydrogens (primary N) is 1. The van der Waals surface area contributed by atoms with E-state index in [1.807, 2.05) is 6.07 Å². The highest BCUT2D eigenvalue weighted by Crippen LogP contribution is 2.40. The van der Waals surface area contributed by atoms with Crippen LogP contribution in [0.15, 0.2) is 69.4 Å². The molecule has 3 aromatic rings. The number of nitriles is 1. The van der Waals surface area contributed by atoms with Crippen LogP contribution in [-0.2, 0) is 6.54 Å². The maximum atomic E-state index is 13.4. The number of allylic oxidation sites excluding steroid dienone is 1. The summed E-state index contributed by atoms with van der Waals surface area (Å²) < 4.78 is 25.9. The molecule has 2 aromatic heterocycles. The van der Waals surface area contributed by atoms with Gasteiger partial charge >= 0.3 is 0 Å². The average Bonchev–Trinajstić information content (AvgIpc) is 3.18. The van der Waals surface area contributed by atoms with Crippen molar-refractivity contribution >= 4 is 0 Å². The number of halogens is 1. The maximum absolute atomic E-state index is 13.4. The molecule has 7 heteroatoms. The number of nitrogens with zero attached hydrogens (tertiary/aromatic N) is 2. The number of furan rings is 1. The largest absolute Gasteiger partial charge is 0.467 e. The number of fused-ring (bicyclic) bond motifs is 1. The van der Waals surface area contributed by atoms with Crippen molar-refractivity contribution < 1.29 is 13.5 Å². The lowest BCUT2D eigenvalue weighted by Gasteiger charge is -2.27. The van der Waals surface area contributed by atoms with Crippen LogP contribution in [-0.4, -0.2) is 4.57 Å². The molecule has 1 unspecified atom stereocenters. The Balaban J connectivity index is 1.94. The molecular formula is C21H16FN3O3. The summed E-state index contributed by atoms with van der Waals surface area (Å²) in [7, 11) is 0. The maximum Gasteiger partial charge on any atom is 0.259 e. The van der Waals surface area contributed by atoms with Crippen molar-refractivity contribution in [2.45, 2.75) is 19.4 Å². The predicted octanol–water partition coefficient (Wildman–Crippen LogP) is 3.16. The molecule has 1 atom stereocenters. The lowest BCUT2D eigenvalue weighted by atomic mass is 9.84. The van der Waals surface area contributed by atoms with Crippen molar-refractivity contribution in [2.24, 2.45) is 5.73 Å². The summed E-state index contributed by atoms with van der Waals surface area (Å²) in [6, 6.07) is 12.9. The van der Waals surface area contributed by atoms with Crippen molar-refractivity contribution in [3.05, 3.63) is 98.9 Å². The molecule has 0 saturated heterocycles. The molecule has 0 amide bonds.